The molecule has 4 heteroatoms. The van der Waals surface area contributed by atoms with Gasteiger partial charge in [0.05, 0.1) is 6.61 Å². The van der Waals surface area contributed by atoms with Gasteiger partial charge in [0.1, 0.15) is 6.61 Å². The van der Waals surface area contributed by atoms with Gasteiger partial charge in [-0.2, -0.15) is 0 Å². The fraction of sp³-hybridized carbons (Fsp3) is 0.625. The van der Waals surface area contributed by atoms with Gasteiger partial charge in [-0.25, -0.2) is 0 Å². The number of hydrogen-bond acceptors (Lipinski definition) is 3. The fourth-order valence-electron chi connectivity index (χ4n) is 2.63. The quantitative estimate of drug-likeness (QED) is 0.674. The van der Waals surface area contributed by atoms with Gasteiger partial charge in [-0.15, -0.1) is 0 Å². The minimum absolute atomic E-state index is 0.667. The summed E-state index contributed by atoms with van der Waals surface area (Å²) in [6.07, 6.45) is 2.60. The lowest BCUT2D eigenvalue weighted by atomic mass is 10.1. The number of alkyl halides is 1. The summed E-state index contributed by atoms with van der Waals surface area (Å²) in [6, 6.07) is 7.90. The molecule has 1 aromatic rings. The van der Waals surface area contributed by atoms with Crippen LogP contribution in [0, 0.1) is 5.92 Å². The van der Waals surface area contributed by atoms with E-state index >= 15 is 0 Å². The normalized spacial score (nSPS) is 19.2. The zero-order valence-electron chi connectivity index (χ0n) is 12.2. The summed E-state index contributed by atoms with van der Waals surface area (Å²) in [5.41, 5.74) is 0. The molecule has 1 aromatic carbocycles. The minimum atomic E-state index is 0.667. The van der Waals surface area contributed by atoms with E-state index in [1.165, 1.54) is 25.9 Å². The summed E-state index contributed by atoms with van der Waals surface area (Å²) in [5, 5.41) is 1.11. The van der Waals surface area contributed by atoms with E-state index in [0.717, 1.165) is 35.9 Å². The predicted molar refractivity (Wildman–Crippen MR) is 86.1 cm³/mol. The van der Waals surface area contributed by atoms with Crippen molar-refractivity contribution >= 4 is 15.9 Å². The molecule has 1 atom stereocenters. The van der Waals surface area contributed by atoms with Crippen LogP contribution in [0.5, 0.6) is 11.5 Å². The molecule has 1 aliphatic rings. The first-order chi connectivity index (χ1) is 9.83. The highest BCUT2D eigenvalue weighted by Gasteiger charge is 2.21. The van der Waals surface area contributed by atoms with Crippen LogP contribution in [0.2, 0.25) is 0 Å². The molecule has 0 aromatic heterocycles. The third kappa shape index (κ3) is 4.67. The van der Waals surface area contributed by atoms with Crippen molar-refractivity contribution in [1.29, 1.82) is 0 Å². The van der Waals surface area contributed by atoms with E-state index < -0.39 is 0 Å². The molecule has 1 saturated heterocycles. The Morgan fingerprint density at radius 2 is 2.00 bits per heavy atom. The van der Waals surface area contributed by atoms with E-state index in [0.29, 0.717) is 6.61 Å². The average Bonchev–Trinajstić information content (AvgIpc) is 2.89. The number of rotatable bonds is 8. The molecule has 1 fully saturated rings. The molecule has 0 aliphatic carbocycles. The van der Waals surface area contributed by atoms with Gasteiger partial charge in [0.15, 0.2) is 11.5 Å². The summed E-state index contributed by atoms with van der Waals surface area (Å²) < 4.78 is 11.4. The lowest BCUT2D eigenvalue weighted by Gasteiger charge is -2.17. The van der Waals surface area contributed by atoms with E-state index in [1.807, 2.05) is 31.2 Å². The maximum Gasteiger partial charge on any atom is 0.161 e. The predicted octanol–water partition coefficient (Wildman–Crippen LogP) is 3.57. The van der Waals surface area contributed by atoms with Gasteiger partial charge in [0, 0.05) is 18.4 Å². The van der Waals surface area contributed by atoms with Crippen molar-refractivity contribution in [1.82, 2.24) is 4.90 Å². The van der Waals surface area contributed by atoms with Crippen LogP contribution < -0.4 is 9.47 Å². The molecule has 0 N–H and O–H groups in total. The Labute approximate surface area is 130 Å². The minimum Gasteiger partial charge on any atom is -0.490 e. The van der Waals surface area contributed by atoms with Crippen molar-refractivity contribution in [3.8, 4) is 11.5 Å². The van der Waals surface area contributed by atoms with Crippen molar-refractivity contribution in [2.75, 3.05) is 38.2 Å². The molecular formula is C16H24BrNO2. The molecule has 112 valence electrons. The zero-order valence-corrected chi connectivity index (χ0v) is 13.8. The largest absolute Gasteiger partial charge is 0.490 e. The third-order valence-electron chi connectivity index (χ3n) is 3.70. The van der Waals surface area contributed by atoms with Crippen molar-refractivity contribution in [3.63, 3.8) is 0 Å². The number of benzene rings is 1. The molecular weight excluding hydrogens is 318 g/mol. The fourth-order valence-corrected chi connectivity index (χ4v) is 3.28. The Morgan fingerprint density at radius 3 is 2.70 bits per heavy atom. The lowest BCUT2D eigenvalue weighted by molar-refractivity contribution is 0.222. The first-order valence-corrected chi connectivity index (χ1v) is 8.58. The van der Waals surface area contributed by atoms with Crippen molar-refractivity contribution in [2.24, 2.45) is 5.92 Å². The summed E-state index contributed by atoms with van der Waals surface area (Å²) >= 11 is 3.53. The summed E-state index contributed by atoms with van der Waals surface area (Å²) in [6.45, 7) is 6.80. The SMILES string of the molecule is CCOc1ccccc1OCCN1CCC(CCBr)C1. The number of likely N-dealkylation sites (tertiary alicyclic amines) is 1. The van der Waals surface area contributed by atoms with E-state index in [-0.39, 0.29) is 0 Å². The molecule has 0 saturated carbocycles. The maximum absolute atomic E-state index is 5.87. The Bertz CT molecular complexity index is 400. The van der Waals surface area contributed by atoms with Crippen LogP contribution in [0.1, 0.15) is 19.8 Å². The van der Waals surface area contributed by atoms with Crippen molar-refractivity contribution < 1.29 is 9.47 Å². The number of ether oxygens (including phenoxy) is 2. The van der Waals surface area contributed by atoms with Crippen LogP contribution in [0.4, 0.5) is 0 Å². The third-order valence-corrected chi connectivity index (χ3v) is 4.16. The first-order valence-electron chi connectivity index (χ1n) is 7.46. The maximum atomic E-state index is 5.87. The molecule has 0 bridgehead atoms. The van der Waals surface area contributed by atoms with Gasteiger partial charge in [-0.1, -0.05) is 28.1 Å². The van der Waals surface area contributed by atoms with E-state index in [4.69, 9.17) is 9.47 Å². The molecule has 3 nitrogen and oxygen atoms in total. The lowest BCUT2D eigenvalue weighted by Crippen LogP contribution is -2.26. The van der Waals surface area contributed by atoms with Crippen LogP contribution in [0.15, 0.2) is 24.3 Å². The summed E-state index contributed by atoms with van der Waals surface area (Å²) in [7, 11) is 0. The highest BCUT2D eigenvalue weighted by molar-refractivity contribution is 9.09. The number of para-hydroxylation sites is 2. The van der Waals surface area contributed by atoms with E-state index in [9.17, 15) is 0 Å². The molecule has 2 rings (SSSR count). The number of hydrogen-bond donors (Lipinski definition) is 0. The van der Waals surface area contributed by atoms with E-state index in [2.05, 4.69) is 20.8 Å². The second-order valence-corrected chi connectivity index (χ2v) is 5.95. The Balaban J connectivity index is 1.73. The molecule has 0 radical (unpaired) electrons. The second-order valence-electron chi connectivity index (χ2n) is 5.16. The molecule has 20 heavy (non-hydrogen) atoms. The standard InChI is InChI=1S/C16H24BrNO2/c1-2-19-15-5-3-4-6-16(15)20-12-11-18-10-8-14(13-18)7-9-17/h3-6,14H,2,7-13H2,1H3. The highest BCUT2D eigenvalue weighted by atomic mass is 79.9. The number of nitrogens with zero attached hydrogens (tertiary/aromatic N) is 1. The van der Waals surface area contributed by atoms with Gasteiger partial charge < -0.3 is 9.47 Å². The summed E-state index contributed by atoms with van der Waals surface area (Å²) in [4.78, 5) is 2.50. The van der Waals surface area contributed by atoms with Crippen LogP contribution in [0.25, 0.3) is 0 Å². The van der Waals surface area contributed by atoms with Crippen LogP contribution in [-0.4, -0.2) is 43.1 Å². The van der Waals surface area contributed by atoms with E-state index in [1.54, 1.807) is 0 Å². The molecule has 0 spiro atoms. The monoisotopic (exact) mass is 341 g/mol. The second kappa shape index (κ2) is 8.53. The Hall–Kier alpha value is -0.740. The van der Waals surface area contributed by atoms with Crippen molar-refractivity contribution in [2.45, 2.75) is 19.8 Å². The summed E-state index contributed by atoms with van der Waals surface area (Å²) in [5.74, 6) is 2.55. The first kappa shape index (κ1) is 15.6. The smallest absolute Gasteiger partial charge is 0.161 e. The molecule has 1 heterocycles. The molecule has 0 amide bonds. The van der Waals surface area contributed by atoms with Gasteiger partial charge in [0.2, 0.25) is 0 Å². The molecule has 1 aliphatic heterocycles. The van der Waals surface area contributed by atoms with Gasteiger partial charge in [-0.3, -0.25) is 4.90 Å². The highest BCUT2D eigenvalue weighted by Crippen LogP contribution is 2.26. The Kier molecular flexibility index (Phi) is 6.67. The van der Waals surface area contributed by atoms with Crippen LogP contribution in [-0.2, 0) is 0 Å². The van der Waals surface area contributed by atoms with Gasteiger partial charge in [0.25, 0.3) is 0 Å². The van der Waals surface area contributed by atoms with Gasteiger partial charge in [-0.05, 0) is 44.4 Å². The number of halogens is 1. The van der Waals surface area contributed by atoms with Gasteiger partial charge >= 0.3 is 0 Å². The zero-order chi connectivity index (χ0) is 14.2. The Morgan fingerprint density at radius 1 is 1.25 bits per heavy atom. The average molecular weight is 342 g/mol. The van der Waals surface area contributed by atoms with Crippen LogP contribution >= 0.6 is 15.9 Å². The topological polar surface area (TPSA) is 21.7 Å². The molecule has 1 unspecified atom stereocenters. The van der Waals surface area contributed by atoms with Crippen LogP contribution in [0.3, 0.4) is 0 Å². The van der Waals surface area contributed by atoms with Crippen molar-refractivity contribution in [3.05, 3.63) is 24.3 Å².